The Balaban J connectivity index is 2.17. The lowest BCUT2D eigenvalue weighted by atomic mass is 10.0. The van der Waals surface area contributed by atoms with Gasteiger partial charge in [0.05, 0.1) is 6.54 Å². The number of likely N-dealkylation sites (tertiary alicyclic amines) is 1. The highest BCUT2D eigenvalue weighted by Crippen LogP contribution is 2.10. The molecule has 0 spiro atoms. The van der Waals surface area contributed by atoms with Crippen molar-refractivity contribution in [2.45, 2.75) is 38.3 Å². The third-order valence-electron chi connectivity index (χ3n) is 2.98. The van der Waals surface area contributed by atoms with Crippen LogP contribution < -0.4 is 5.32 Å². The normalized spacial score (nSPS) is 21.1. The summed E-state index contributed by atoms with van der Waals surface area (Å²) in [7, 11) is 0. The van der Waals surface area contributed by atoms with Crippen LogP contribution in [0.2, 0.25) is 0 Å². The number of nitrogens with one attached hydrogen (secondary N) is 1. The highest BCUT2D eigenvalue weighted by molar-refractivity contribution is 4.90. The first-order chi connectivity index (χ1) is 7.26. The van der Waals surface area contributed by atoms with Crippen LogP contribution >= 0.6 is 0 Å². The minimum atomic E-state index is 0.268. The number of rotatable bonds is 5. The third kappa shape index (κ3) is 4.65. The number of aliphatic hydroxyl groups is 1. The maximum absolute atomic E-state index is 8.81. The highest BCUT2D eigenvalue weighted by Gasteiger charge is 2.19. The largest absolute Gasteiger partial charge is 0.396 e. The molecule has 3 nitrogen and oxygen atoms in total. The number of hydrogen-bond donors (Lipinski definition) is 2. The summed E-state index contributed by atoms with van der Waals surface area (Å²) in [5.41, 5.74) is 0. The van der Waals surface area contributed by atoms with Gasteiger partial charge in [-0.2, -0.15) is 0 Å². The average molecular weight is 210 g/mol. The van der Waals surface area contributed by atoms with E-state index in [1.807, 2.05) is 0 Å². The van der Waals surface area contributed by atoms with Gasteiger partial charge < -0.3 is 10.4 Å². The van der Waals surface area contributed by atoms with Crippen molar-refractivity contribution in [3.63, 3.8) is 0 Å². The van der Waals surface area contributed by atoms with Gasteiger partial charge in [-0.25, -0.2) is 0 Å². The molecule has 1 unspecified atom stereocenters. The lowest BCUT2D eigenvalue weighted by molar-refractivity contribution is 0.201. The Hall–Kier alpha value is -0.560. The molecule has 0 aliphatic carbocycles. The van der Waals surface area contributed by atoms with Gasteiger partial charge in [-0.1, -0.05) is 5.92 Å². The van der Waals surface area contributed by atoms with Crippen LogP contribution in [0.4, 0.5) is 0 Å². The number of aliphatic hydroxyl groups excluding tert-OH is 1. The molecule has 3 heteroatoms. The van der Waals surface area contributed by atoms with Gasteiger partial charge in [0, 0.05) is 31.8 Å². The first-order valence-corrected chi connectivity index (χ1v) is 5.79. The second-order valence-electron chi connectivity index (χ2n) is 4.33. The molecule has 1 rings (SSSR count). The fourth-order valence-corrected chi connectivity index (χ4v) is 2.07. The Morgan fingerprint density at radius 1 is 1.53 bits per heavy atom. The molecule has 0 aromatic heterocycles. The Morgan fingerprint density at radius 3 is 2.73 bits per heavy atom. The van der Waals surface area contributed by atoms with Crippen molar-refractivity contribution in [1.82, 2.24) is 10.2 Å². The van der Waals surface area contributed by atoms with Crippen LogP contribution in [0, 0.1) is 12.3 Å². The van der Waals surface area contributed by atoms with Crippen molar-refractivity contribution in [3.05, 3.63) is 0 Å². The first kappa shape index (κ1) is 12.5. The molecule has 0 aromatic carbocycles. The number of terminal acetylenes is 1. The van der Waals surface area contributed by atoms with E-state index >= 15 is 0 Å². The van der Waals surface area contributed by atoms with Crippen LogP contribution in [0.5, 0.6) is 0 Å². The molecular weight excluding hydrogens is 188 g/mol. The number of hydrogen-bond acceptors (Lipinski definition) is 3. The Labute approximate surface area is 92.9 Å². The lowest BCUT2D eigenvalue weighted by Crippen LogP contribution is -2.45. The van der Waals surface area contributed by atoms with E-state index in [-0.39, 0.29) is 6.61 Å². The smallest absolute Gasteiger partial charge is 0.0598 e. The summed E-state index contributed by atoms with van der Waals surface area (Å²) in [5.74, 6) is 2.69. The summed E-state index contributed by atoms with van der Waals surface area (Å²) >= 11 is 0. The molecule has 1 heterocycles. The highest BCUT2D eigenvalue weighted by atomic mass is 16.3. The van der Waals surface area contributed by atoms with Gasteiger partial charge in [-0.15, -0.1) is 6.42 Å². The predicted octanol–water partition coefficient (Wildman–Crippen LogP) is 0.444. The quantitative estimate of drug-likeness (QED) is 0.647. The van der Waals surface area contributed by atoms with E-state index in [9.17, 15) is 0 Å². The van der Waals surface area contributed by atoms with Crippen molar-refractivity contribution in [2.24, 2.45) is 0 Å². The Kier molecular flexibility index (Phi) is 5.70. The van der Waals surface area contributed by atoms with E-state index in [0.717, 1.165) is 38.9 Å². The zero-order chi connectivity index (χ0) is 11.1. The van der Waals surface area contributed by atoms with Crippen LogP contribution in [-0.4, -0.2) is 48.3 Å². The summed E-state index contributed by atoms with van der Waals surface area (Å²) in [6.07, 6.45) is 8.45. The molecule has 1 fully saturated rings. The van der Waals surface area contributed by atoms with E-state index in [1.54, 1.807) is 0 Å². The van der Waals surface area contributed by atoms with E-state index in [1.165, 1.54) is 0 Å². The van der Waals surface area contributed by atoms with Gasteiger partial charge in [0.1, 0.15) is 0 Å². The standard InChI is InChI=1S/C12H22N2O/c1-3-7-14-8-4-12(5-9-14)13-11(2)6-10-15/h1,11-13,15H,4-10H2,2H3. The summed E-state index contributed by atoms with van der Waals surface area (Å²) in [6.45, 7) is 5.36. The van der Waals surface area contributed by atoms with E-state index in [0.29, 0.717) is 12.1 Å². The summed E-state index contributed by atoms with van der Waals surface area (Å²) in [6, 6.07) is 1.01. The van der Waals surface area contributed by atoms with Gasteiger partial charge in [0.2, 0.25) is 0 Å². The maximum Gasteiger partial charge on any atom is 0.0598 e. The van der Waals surface area contributed by atoms with Crippen molar-refractivity contribution >= 4 is 0 Å². The Morgan fingerprint density at radius 2 is 2.20 bits per heavy atom. The second-order valence-corrected chi connectivity index (χ2v) is 4.33. The number of nitrogens with zero attached hydrogens (tertiary/aromatic N) is 1. The zero-order valence-electron chi connectivity index (χ0n) is 9.58. The molecule has 2 N–H and O–H groups in total. The van der Waals surface area contributed by atoms with E-state index in [4.69, 9.17) is 11.5 Å². The molecule has 1 aliphatic heterocycles. The van der Waals surface area contributed by atoms with Crippen LogP contribution in [0.25, 0.3) is 0 Å². The Bertz CT molecular complexity index is 204. The van der Waals surface area contributed by atoms with Crippen LogP contribution in [0.3, 0.4) is 0 Å². The fourth-order valence-electron chi connectivity index (χ4n) is 2.07. The zero-order valence-corrected chi connectivity index (χ0v) is 9.58. The molecule has 0 saturated carbocycles. The van der Waals surface area contributed by atoms with Crippen molar-refractivity contribution in [1.29, 1.82) is 0 Å². The SMILES string of the molecule is C#CCN1CCC(NC(C)CCO)CC1. The molecule has 0 aromatic rings. The molecule has 0 radical (unpaired) electrons. The monoisotopic (exact) mass is 210 g/mol. The molecule has 1 atom stereocenters. The molecule has 1 saturated heterocycles. The predicted molar refractivity (Wildman–Crippen MR) is 62.6 cm³/mol. The van der Waals surface area contributed by atoms with Gasteiger partial charge in [-0.05, 0) is 26.2 Å². The van der Waals surface area contributed by atoms with E-state index < -0.39 is 0 Å². The van der Waals surface area contributed by atoms with Crippen LogP contribution in [0.1, 0.15) is 26.2 Å². The molecular formula is C12H22N2O. The third-order valence-corrected chi connectivity index (χ3v) is 2.98. The van der Waals surface area contributed by atoms with Crippen molar-refractivity contribution in [3.8, 4) is 12.3 Å². The molecule has 86 valence electrons. The fraction of sp³-hybridized carbons (Fsp3) is 0.833. The maximum atomic E-state index is 8.81. The minimum absolute atomic E-state index is 0.268. The van der Waals surface area contributed by atoms with Crippen molar-refractivity contribution < 1.29 is 5.11 Å². The van der Waals surface area contributed by atoms with Crippen LogP contribution in [0.15, 0.2) is 0 Å². The molecule has 0 bridgehead atoms. The van der Waals surface area contributed by atoms with Gasteiger partial charge >= 0.3 is 0 Å². The number of piperidine rings is 1. The molecule has 15 heavy (non-hydrogen) atoms. The molecule has 0 amide bonds. The van der Waals surface area contributed by atoms with Crippen LogP contribution in [-0.2, 0) is 0 Å². The summed E-state index contributed by atoms with van der Waals surface area (Å²) in [4.78, 5) is 2.31. The second kappa shape index (κ2) is 6.84. The van der Waals surface area contributed by atoms with Crippen molar-refractivity contribution in [2.75, 3.05) is 26.2 Å². The molecule has 1 aliphatic rings. The van der Waals surface area contributed by atoms with Gasteiger partial charge in [-0.3, -0.25) is 4.90 Å². The van der Waals surface area contributed by atoms with E-state index in [2.05, 4.69) is 23.1 Å². The minimum Gasteiger partial charge on any atom is -0.396 e. The average Bonchev–Trinajstić information content (AvgIpc) is 2.22. The summed E-state index contributed by atoms with van der Waals surface area (Å²) < 4.78 is 0. The lowest BCUT2D eigenvalue weighted by Gasteiger charge is -2.32. The van der Waals surface area contributed by atoms with Gasteiger partial charge in [0.15, 0.2) is 0 Å². The first-order valence-electron chi connectivity index (χ1n) is 5.79. The summed E-state index contributed by atoms with van der Waals surface area (Å²) in [5, 5.41) is 12.4. The topological polar surface area (TPSA) is 35.5 Å². The van der Waals surface area contributed by atoms with Gasteiger partial charge in [0.25, 0.3) is 0 Å².